The van der Waals surface area contributed by atoms with Crippen LogP contribution in [0, 0.1) is 28.6 Å². The summed E-state index contributed by atoms with van der Waals surface area (Å²) in [5, 5.41) is 58.8. The molecule has 0 amide bonds. The van der Waals surface area contributed by atoms with E-state index in [4.69, 9.17) is 36.4 Å². The average Bonchev–Trinajstić information content (AvgIpc) is 3.45. The predicted octanol–water partition coefficient (Wildman–Crippen LogP) is 6.35. The highest BCUT2D eigenvalue weighted by atomic mass is 35.5. The first-order chi connectivity index (χ1) is 29.2. The molecule has 7 N–H and O–H groups in total. The van der Waals surface area contributed by atoms with Gasteiger partial charge < -0.3 is 45.4 Å². The number of carbonyl (C=O) groups is 6. The Balaban J connectivity index is 0.000000416. The number of esters is 2. The number of aliphatic carboxylic acids is 2. The first-order valence-corrected chi connectivity index (χ1v) is 22.1. The number of alkyl halides is 1. The van der Waals surface area contributed by atoms with Crippen molar-refractivity contribution in [2.24, 2.45) is 28.6 Å². The van der Waals surface area contributed by atoms with Gasteiger partial charge in [-0.1, -0.05) is 66.2 Å². The standard InChI is InChI=1S/C28H37ClO7.C13H21NO3.2C3H6O2/c1-6-23(33)35-15-22(32)28(36-24(34)7-2)16(3)12-20-19-9-8-17-13-18(30)10-11-25(17,4)27(19,29)21(31)14-26(20,28)5;1-13(2,3)14-7-12(17)9-4-5-11(16)10(6-9)8-15;2*1-2-3(4)5/h10-11,13,16,19-21,31H,6-9,12,14-15H2,1-5H3;4-6,12,14-17H,7-8H2,1-3H3;2*2H2,1H3,(H,4,5)/t16-,19-,20-,21-,25-,26-,27?,28-;;;/m0.../s1. The van der Waals surface area contributed by atoms with Gasteiger partial charge in [0.25, 0.3) is 0 Å². The Morgan fingerprint density at radius 3 is 2.03 bits per heavy atom. The normalized spacial score (nSPS) is 29.5. The van der Waals surface area contributed by atoms with Gasteiger partial charge in [0, 0.05) is 60.1 Å². The van der Waals surface area contributed by atoms with E-state index in [0.29, 0.717) is 36.9 Å². The zero-order chi connectivity index (χ0) is 48.3. The van der Waals surface area contributed by atoms with Crippen LogP contribution < -0.4 is 5.32 Å². The van der Waals surface area contributed by atoms with Crippen molar-refractivity contribution in [2.75, 3.05) is 13.2 Å². The number of hydrogen-bond donors (Lipinski definition) is 7. The van der Waals surface area contributed by atoms with Crippen molar-refractivity contribution in [1.29, 1.82) is 0 Å². The second-order valence-corrected chi connectivity index (χ2v) is 18.7. The van der Waals surface area contributed by atoms with E-state index in [1.807, 2.05) is 47.6 Å². The van der Waals surface area contributed by atoms with Gasteiger partial charge >= 0.3 is 23.9 Å². The minimum Gasteiger partial charge on any atom is -0.508 e. The number of carbonyl (C=O) groups excluding carboxylic acids is 4. The van der Waals surface area contributed by atoms with Gasteiger partial charge in [-0.3, -0.25) is 28.8 Å². The Hall–Kier alpha value is -4.15. The van der Waals surface area contributed by atoms with Crippen LogP contribution in [-0.2, 0) is 44.8 Å². The predicted molar refractivity (Wildman–Crippen MR) is 236 cm³/mol. The molecule has 1 aromatic carbocycles. The molecule has 0 aromatic heterocycles. The number of Topliss-reactive ketones (excluding diaryl/α,β-unsaturated/α-hetero) is 1. The number of fused-ring (bicyclic) bond motifs is 5. The lowest BCUT2D eigenvalue weighted by molar-refractivity contribution is -0.203. The fourth-order valence-electron chi connectivity index (χ4n) is 9.47. The van der Waals surface area contributed by atoms with Gasteiger partial charge in [0.2, 0.25) is 5.78 Å². The number of aromatic hydroxyl groups is 1. The third-order valence-electron chi connectivity index (χ3n) is 12.9. The Bertz CT molecular complexity index is 1860. The first-order valence-electron chi connectivity index (χ1n) is 21.7. The number of halogens is 1. The van der Waals surface area contributed by atoms with Crippen LogP contribution in [0.1, 0.15) is 138 Å². The minimum absolute atomic E-state index is 0.0484. The van der Waals surface area contributed by atoms with Gasteiger partial charge in [0.1, 0.15) is 5.75 Å². The monoisotopic (exact) mass is 907 g/mol. The maximum atomic E-state index is 13.9. The zero-order valence-electron chi connectivity index (χ0n) is 38.5. The van der Waals surface area contributed by atoms with E-state index >= 15 is 0 Å². The molecule has 5 rings (SSSR count). The number of nitrogens with one attached hydrogen (secondary N) is 1. The number of ketones is 2. The molecule has 3 saturated carbocycles. The SMILES string of the molecule is CC(C)(C)NCC(O)c1ccc(O)c(CO)c1.CCC(=O)O.CCC(=O)O.CCC(=O)OCC(=O)[C@@]1(OC(=O)CC)[C@@H](C)C[C@H]2[C@@H]3CCC4=CC(=O)C=C[C@]4(C)C3(Cl)[C@@H](O)C[C@@]21C. The number of hydrogen-bond acceptors (Lipinski definition) is 13. The highest BCUT2D eigenvalue weighted by molar-refractivity contribution is 6.26. The van der Waals surface area contributed by atoms with E-state index in [9.17, 15) is 44.1 Å². The quantitative estimate of drug-likeness (QED) is 0.0891. The van der Waals surface area contributed by atoms with E-state index in [1.165, 1.54) is 12.1 Å². The smallest absolute Gasteiger partial charge is 0.306 e. The zero-order valence-corrected chi connectivity index (χ0v) is 39.2. The summed E-state index contributed by atoms with van der Waals surface area (Å²) >= 11 is 7.48. The fraction of sp³-hybridized carbons (Fsp3) is 0.660. The second kappa shape index (κ2) is 22.7. The van der Waals surface area contributed by atoms with Crippen LogP contribution in [-0.4, -0.2) is 101 Å². The number of benzene rings is 1. The summed E-state index contributed by atoms with van der Waals surface area (Å²) in [6.45, 7) is 18.1. The van der Waals surface area contributed by atoms with Crippen molar-refractivity contribution in [1.82, 2.24) is 5.32 Å². The molecule has 15 nitrogen and oxygen atoms in total. The maximum Gasteiger partial charge on any atom is 0.306 e. The van der Waals surface area contributed by atoms with Crippen molar-refractivity contribution in [3.05, 3.63) is 53.1 Å². The van der Waals surface area contributed by atoms with Gasteiger partial charge in [-0.2, -0.15) is 0 Å². The molecule has 9 atom stereocenters. The summed E-state index contributed by atoms with van der Waals surface area (Å²) in [6, 6.07) is 4.76. The lowest BCUT2D eigenvalue weighted by Crippen LogP contribution is -2.69. The van der Waals surface area contributed by atoms with Crippen molar-refractivity contribution in [3.8, 4) is 5.75 Å². The van der Waals surface area contributed by atoms with Crippen LogP contribution in [0.25, 0.3) is 0 Å². The van der Waals surface area contributed by atoms with Crippen LogP contribution in [0.5, 0.6) is 5.75 Å². The molecule has 0 bridgehead atoms. The molecule has 4 aliphatic rings. The lowest BCUT2D eigenvalue weighted by Gasteiger charge is -2.64. The van der Waals surface area contributed by atoms with E-state index in [2.05, 4.69) is 5.32 Å². The molecule has 0 heterocycles. The highest BCUT2D eigenvalue weighted by Crippen LogP contribution is 2.72. The molecule has 0 radical (unpaired) electrons. The molecule has 0 saturated heterocycles. The third-order valence-corrected chi connectivity index (χ3v) is 13.8. The van der Waals surface area contributed by atoms with E-state index < -0.39 is 69.8 Å². The first kappa shape index (κ1) is 55.0. The molecule has 1 aromatic rings. The number of rotatable bonds is 12. The van der Waals surface area contributed by atoms with Crippen LogP contribution in [0.2, 0.25) is 0 Å². The average molecular weight is 909 g/mol. The number of carboxylic acid groups (broad SMARTS) is 2. The number of ether oxygens (including phenoxy) is 2. The fourth-order valence-corrected chi connectivity index (χ4v) is 9.99. The molecule has 63 heavy (non-hydrogen) atoms. The molecular weight excluding hydrogens is 838 g/mol. The number of carboxylic acids is 2. The van der Waals surface area contributed by atoms with Crippen molar-refractivity contribution in [3.63, 3.8) is 0 Å². The molecule has 16 heteroatoms. The largest absolute Gasteiger partial charge is 0.508 e. The molecule has 354 valence electrons. The van der Waals surface area contributed by atoms with E-state index in [-0.39, 0.29) is 73.5 Å². The Morgan fingerprint density at radius 2 is 1.52 bits per heavy atom. The van der Waals surface area contributed by atoms with E-state index in [1.54, 1.807) is 45.9 Å². The van der Waals surface area contributed by atoms with Crippen LogP contribution in [0.4, 0.5) is 0 Å². The van der Waals surface area contributed by atoms with Gasteiger partial charge in [0.05, 0.1) is 23.7 Å². The summed E-state index contributed by atoms with van der Waals surface area (Å²) < 4.78 is 11.3. The molecular formula is C47H70ClNO14. The van der Waals surface area contributed by atoms with Crippen LogP contribution in [0.3, 0.4) is 0 Å². The van der Waals surface area contributed by atoms with Crippen LogP contribution >= 0.6 is 11.6 Å². The van der Waals surface area contributed by atoms with Gasteiger partial charge in [0.15, 0.2) is 18.0 Å². The summed E-state index contributed by atoms with van der Waals surface area (Å²) in [5.41, 5.74) is -1.21. The van der Waals surface area contributed by atoms with Crippen molar-refractivity contribution in [2.45, 2.75) is 155 Å². The lowest BCUT2D eigenvalue weighted by atomic mass is 9.45. The number of aliphatic hydroxyl groups is 3. The topological polar surface area (TPSA) is 254 Å². The highest BCUT2D eigenvalue weighted by Gasteiger charge is 2.76. The Morgan fingerprint density at radius 1 is 0.952 bits per heavy atom. The molecule has 0 spiro atoms. The summed E-state index contributed by atoms with van der Waals surface area (Å²) in [4.78, 5) is 68.2. The number of allylic oxidation sites excluding steroid dienone is 4. The molecule has 0 aliphatic heterocycles. The summed E-state index contributed by atoms with van der Waals surface area (Å²) in [5.74, 6) is -3.68. The third kappa shape index (κ3) is 12.4. The Kier molecular flexibility index (Phi) is 19.8. The summed E-state index contributed by atoms with van der Waals surface area (Å²) in [6.07, 6.45) is 5.97. The summed E-state index contributed by atoms with van der Waals surface area (Å²) in [7, 11) is 0. The molecule has 3 fully saturated rings. The number of aliphatic hydroxyl groups excluding tert-OH is 3. The molecule has 4 aliphatic carbocycles. The number of β-amino-alcohol motifs (C(OH)–C–C–N with tert-alkyl or cyclic N) is 1. The molecule has 2 unspecified atom stereocenters. The number of phenols is 1. The Labute approximate surface area is 376 Å². The maximum absolute atomic E-state index is 13.9. The second-order valence-electron chi connectivity index (χ2n) is 18.1. The van der Waals surface area contributed by atoms with E-state index in [0.717, 1.165) is 5.57 Å². The minimum atomic E-state index is -1.55. The van der Waals surface area contributed by atoms with Crippen LogP contribution in [0.15, 0.2) is 42.0 Å². The van der Waals surface area contributed by atoms with Crippen molar-refractivity contribution < 1.29 is 68.9 Å². The van der Waals surface area contributed by atoms with Gasteiger partial charge in [-0.15, -0.1) is 11.6 Å². The van der Waals surface area contributed by atoms with Gasteiger partial charge in [-0.25, -0.2) is 0 Å². The van der Waals surface area contributed by atoms with Gasteiger partial charge in [-0.05, 0) is 88.1 Å². The van der Waals surface area contributed by atoms with Crippen molar-refractivity contribution >= 4 is 47.0 Å².